The normalized spacial score (nSPS) is 15.4. The third kappa shape index (κ3) is 5.20. The zero-order valence-corrected chi connectivity index (χ0v) is 23.2. The number of nitrogens with zero attached hydrogens (tertiary/aromatic N) is 4. The fourth-order valence-electron chi connectivity index (χ4n) is 4.42. The van der Waals surface area contributed by atoms with E-state index in [1.54, 1.807) is 12.3 Å². The average molecular weight is 607 g/mol. The third-order valence-corrected chi connectivity index (χ3v) is 9.39. The van der Waals surface area contributed by atoms with Gasteiger partial charge in [0, 0.05) is 30.9 Å². The quantitative estimate of drug-likeness (QED) is 0.227. The standard InChI is InChI=1S/C26H22ClF3N6O2S2/c27-16-8-9-17(28)24(21(16)30)40(37,38)35-18-5-3-4-15(20(18)29)22-23(39-26(34-22)36-12-1-2-13-36)19-10-11-31-25(33-19)32-14-6-7-14/h3-5,8-11,14,35H,1-2,6-7,12-13H2,(H,31,32,33). The molecule has 14 heteroatoms. The number of rotatable bonds is 8. The maximum absolute atomic E-state index is 16.0. The number of benzene rings is 2. The predicted molar refractivity (Wildman–Crippen MR) is 149 cm³/mol. The number of hydrogen-bond acceptors (Lipinski definition) is 8. The monoisotopic (exact) mass is 606 g/mol. The highest BCUT2D eigenvalue weighted by Crippen LogP contribution is 2.42. The van der Waals surface area contributed by atoms with Gasteiger partial charge in [-0.05, 0) is 56.0 Å². The van der Waals surface area contributed by atoms with Crippen LogP contribution in [-0.2, 0) is 10.0 Å². The summed E-state index contributed by atoms with van der Waals surface area (Å²) < 4.78 is 72.7. The lowest BCUT2D eigenvalue weighted by atomic mass is 10.1. The van der Waals surface area contributed by atoms with Crippen LogP contribution in [-0.4, -0.2) is 42.5 Å². The number of nitrogens with one attached hydrogen (secondary N) is 2. The molecule has 1 aliphatic carbocycles. The number of halogens is 4. The maximum atomic E-state index is 16.0. The minimum absolute atomic E-state index is 0.000695. The highest BCUT2D eigenvalue weighted by atomic mass is 35.5. The Morgan fingerprint density at radius 3 is 2.52 bits per heavy atom. The van der Waals surface area contributed by atoms with Crippen LogP contribution in [0.1, 0.15) is 25.7 Å². The van der Waals surface area contributed by atoms with E-state index in [2.05, 4.69) is 20.2 Å². The molecule has 0 amide bonds. The Bertz CT molecular complexity index is 1710. The van der Waals surface area contributed by atoms with Gasteiger partial charge in [-0.3, -0.25) is 4.72 Å². The summed E-state index contributed by atoms with van der Waals surface area (Å²) in [6, 6.07) is 7.71. The summed E-state index contributed by atoms with van der Waals surface area (Å²) in [6.45, 7) is 1.62. The zero-order valence-electron chi connectivity index (χ0n) is 20.8. The fourth-order valence-corrected chi connectivity index (χ4v) is 6.95. The van der Waals surface area contributed by atoms with Crippen molar-refractivity contribution in [2.45, 2.75) is 36.6 Å². The maximum Gasteiger partial charge on any atom is 0.267 e. The lowest BCUT2D eigenvalue weighted by Gasteiger charge is -2.13. The molecule has 208 valence electrons. The molecular weight excluding hydrogens is 585 g/mol. The lowest BCUT2D eigenvalue weighted by Crippen LogP contribution is -2.18. The average Bonchev–Trinajstić information content (AvgIpc) is 3.37. The van der Waals surface area contributed by atoms with E-state index in [1.807, 2.05) is 4.72 Å². The first-order valence-electron chi connectivity index (χ1n) is 12.5. The van der Waals surface area contributed by atoms with Crippen LogP contribution in [0.15, 0.2) is 47.5 Å². The minimum atomic E-state index is -4.88. The van der Waals surface area contributed by atoms with Crippen molar-refractivity contribution < 1.29 is 21.6 Å². The predicted octanol–water partition coefficient (Wildman–Crippen LogP) is 6.31. The molecule has 0 bridgehead atoms. The highest BCUT2D eigenvalue weighted by Gasteiger charge is 2.29. The number of anilines is 3. The molecule has 40 heavy (non-hydrogen) atoms. The lowest BCUT2D eigenvalue weighted by molar-refractivity contribution is 0.521. The summed E-state index contributed by atoms with van der Waals surface area (Å²) in [6.07, 6.45) is 5.71. The van der Waals surface area contributed by atoms with Gasteiger partial charge >= 0.3 is 0 Å². The molecule has 6 rings (SSSR count). The van der Waals surface area contributed by atoms with Crippen molar-refractivity contribution >= 4 is 49.7 Å². The minimum Gasteiger partial charge on any atom is -0.351 e. The molecule has 0 atom stereocenters. The van der Waals surface area contributed by atoms with E-state index in [0.29, 0.717) is 27.7 Å². The van der Waals surface area contributed by atoms with Crippen LogP contribution in [0.4, 0.5) is 29.9 Å². The van der Waals surface area contributed by atoms with Crippen LogP contribution in [0.2, 0.25) is 5.02 Å². The summed E-state index contributed by atoms with van der Waals surface area (Å²) in [7, 11) is -4.88. The van der Waals surface area contributed by atoms with Gasteiger partial charge in [0.15, 0.2) is 21.7 Å². The second-order valence-electron chi connectivity index (χ2n) is 9.50. The van der Waals surface area contributed by atoms with Crippen molar-refractivity contribution in [1.29, 1.82) is 0 Å². The molecule has 2 aromatic heterocycles. The Kier molecular flexibility index (Phi) is 7.05. The van der Waals surface area contributed by atoms with Crippen molar-refractivity contribution in [2.75, 3.05) is 28.0 Å². The van der Waals surface area contributed by atoms with Gasteiger partial charge in [-0.15, -0.1) is 0 Å². The smallest absolute Gasteiger partial charge is 0.267 e. The molecule has 0 unspecified atom stereocenters. The highest BCUT2D eigenvalue weighted by molar-refractivity contribution is 7.92. The number of hydrogen-bond donors (Lipinski definition) is 2. The van der Waals surface area contributed by atoms with Gasteiger partial charge in [-0.1, -0.05) is 29.0 Å². The van der Waals surface area contributed by atoms with E-state index < -0.39 is 43.1 Å². The molecule has 8 nitrogen and oxygen atoms in total. The van der Waals surface area contributed by atoms with Crippen molar-refractivity contribution in [3.63, 3.8) is 0 Å². The van der Waals surface area contributed by atoms with Crippen LogP contribution < -0.4 is 14.9 Å². The van der Waals surface area contributed by atoms with Crippen LogP contribution >= 0.6 is 22.9 Å². The van der Waals surface area contributed by atoms with E-state index in [0.717, 1.165) is 57.0 Å². The Labute approximate surface area is 237 Å². The molecule has 2 aromatic carbocycles. The molecule has 2 N–H and O–H groups in total. The summed E-state index contributed by atoms with van der Waals surface area (Å²) in [5.74, 6) is -3.34. The van der Waals surface area contributed by atoms with Gasteiger partial charge in [0.2, 0.25) is 5.95 Å². The third-order valence-electron chi connectivity index (χ3n) is 6.56. The van der Waals surface area contributed by atoms with E-state index in [9.17, 15) is 17.2 Å². The van der Waals surface area contributed by atoms with Crippen molar-refractivity contribution in [3.05, 3.63) is 65.1 Å². The Morgan fingerprint density at radius 2 is 1.77 bits per heavy atom. The van der Waals surface area contributed by atoms with Gasteiger partial charge in [-0.25, -0.2) is 36.5 Å². The van der Waals surface area contributed by atoms with Crippen LogP contribution in [0.3, 0.4) is 0 Å². The Hall–Kier alpha value is -3.42. The SMILES string of the molecule is O=S(=O)(Nc1cccc(-c2nc(N3CCCC3)sc2-c2ccnc(NC3CC3)n2)c1F)c1c(F)ccc(Cl)c1F. The van der Waals surface area contributed by atoms with E-state index in [4.69, 9.17) is 16.6 Å². The van der Waals surface area contributed by atoms with Crippen molar-refractivity contribution in [1.82, 2.24) is 15.0 Å². The second-order valence-corrected chi connectivity index (χ2v) is 12.5. The molecule has 2 aliphatic rings. The second kappa shape index (κ2) is 10.5. The van der Waals surface area contributed by atoms with Gasteiger partial charge in [-0.2, -0.15) is 0 Å². The molecule has 0 spiro atoms. The van der Waals surface area contributed by atoms with Gasteiger partial charge in [0.1, 0.15) is 5.82 Å². The molecule has 4 aromatic rings. The fraction of sp³-hybridized carbons (Fsp3) is 0.269. The van der Waals surface area contributed by atoms with Gasteiger partial charge < -0.3 is 10.2 Å². The topological polar surface area (TPSA) is 100 Å². The molecule has 0 radical (unpaired) electrons. The molecule has 1 saturated carbocycles. The molecule has 1 aliphatic heterocycles. The summed E-state index contributed by atoms with van der Waals surface area (Å²) in [4.78, 5) is 15.0. The van der Waals surface area contributed by atoms with E-state index in [-0.39, 0.29) is 11.3 Å². The number of aromatic nitrogens is 3. The van der Waals surface area contributed by atoms with Crippen molar-refractivity contribution in [3.8, 4) is 21.8 Å². The Morgan fingerprint density at radius 1 is 1.00 bits per heavy atom. The van der Waals surface area contributed by atoms with Crippen LogP contribution in [0, 0.1) is 17.5 Å². The first-order valence-corrected chi connectivity index (χ1v) is 15.2. The molecule has 3 heterocycles. The first kappa shape index (κ1) is 26.8. The van der Waals surface area contributed by atoms with Crippen molar-refractivity contribution in [2.24, 2.45) is 0 Å². The Balaban J connectivity index is 1.42. The van der Waals surface area contributed by atoms with Crippen LogP contribution in [0.5, 0.6) is 0 Å². The molecule has 2 fully saturated rings. The van der Waals surface area contributed by atoms with Crippen LogP contribution in [0.25, 0.3) is 21.8 Å². The van der Waals surface area contributed by atoms with E-state index in [1.165, 1.54) is 23.5 Å². The summed E-state index contributed by atoms with van der Waals surface area (Å²) in [5, 5.41) is 3.35. The molecule has 1 saturated heterocycles. The first-order chi connectivity index (χ1) is 19.2. The zero-order chi connectivity index (χ0) is 28.0. The number of sulfonamides is 1. The largest absolute Gasteiger partial charge is 0.351 e. The summed E-state index contributed by atoms with van der Waals surface area (Å²) in [5.41, 5.74) is 0.294. The molecular formula is C26H22ClF3N6O2S2. The summed E-state index contributed by atoms with van der Waals surface area (Å²) >= 11 is 7.03. The van der Waals surface area contributed by atoms with E-state index >= 15 is 4.39 Å². The van der Waals surface area contributed by atoms with Gasteiger partial charge in [0.05, 0.1) is 27.0 Å². The number of thiazole rings is 1. The van der Waals surface area contributed by atoms with Gasteiger partial charge in [0.25, 0.3) is 10.0 Å².